The summed E-state index contributed by atoms with van der Waals surface area (Å²) >= 11 is 0. The van der Waals surface area contributed by atoms with Gasteiger partial charge in [0, 0.05) is 36.9 Å². The topological polar surface area (TPSA) is 74.2 Å². The highest BCUT2D eigenvalue weighted by atomic mass is 19.1. The van der Waals surface area contributed by atoms with Crippen molar-refractivity contribution in [3.05, 3.63) is 53.5 Å². The first-order chi connectivity index (χ1) is 16.3. The van der Waals surface area contributed by atoms with Crippen molar-refractivity contribution in [1.29, 1.82) is 0 Å². The number of hydrogen-bond acceptors (Lipinski definition) is 6. The second-order valence-corrected chi connectivity index (χ2v) is 9.06. The van der Waals surface area contributed by atoms with Crippen LogP contribution in [0.3, 0.4) is 0 Å². The highest BCUT2D eigenvalue weighted by Gasteiger charge is 2.27. The monoisotopic (exact) mass is 463 g/mol. The van der Waals surface area contributed by atoms with Crippen LogP contribution in [0.4, 0.5) is 14.6 Å². The molecule has 34 heavy (non-hydrogen) atoms. The van der Waals surface area contributed by atoms with Gasteiger partial charge in [0.15, 0.2) is 5.82 Å². The fourth-order valence-corrected chi connectivity index (χ4v) is 4.91. The van der Waals surface area contributed by atoms with Crippen molar-refractivity contribution in [2.24, 2.45) is 0 Å². The van der Waals surface area contributed by atoms with Gasteiger partial charge in [0.2, 0.25) is 0 Å². The van der Waals surface area contributed by atoms with Crippen molar-refractivity contribution in [1.82, 2.24) is 20.3 Å². The molecule has 0 radical (unpaired) electrons. The molecule has 3 heterocycles. The molecular weight excluding hydrogens is 436 g/mol. The van der Waals surface area contributed by atoms with Crippen LogP contribution < -0.4 is 10.2 Å². The Morgan fingerprint density at radius 2 is 1.97 bits per heavy atom. The summed E-state index contributed by atoms with van der Waals surface area (Å²) < 4.78 is 30.7. The zero-order valence-corrected chi connectivity index (χ0v) is 19.7. The normalized spacial score (nSPS) is 18.7. The maximum absolute atomic E-state index is 16.1. The van der Waals surface area contributed by atoms with Crippen LogP contribution in [0.15, 0.2) is 30.5 Å². The lowest BCUT2D eigenvalue weighted by atomic mass is 9.94. The number of phenolic OH excluding ortho intramolecular Hbond substituents is 1. The van der Waals surface area contributed by atoms with Crippen LogP contribution in [0.2, 0.25) is 0 Å². The minimum absolute atomic E-state index is 0.0273. The summed E-state index contributed by atoms with van der Waals surface area (Å²) in [4.78, 5) is 15.7. The predicted octanol–water partition coefficient (Wildman–Crippen LogP) is 4.89. The Labute approximate surface area is 196 Å². The third-order valence-corrected chi connectivity index (χ3v) is 6.57. The second-order valence-electron chi connectivity index (χ2n) is 9.06. The van der Waals surface area contributed by atoms with Crippen LogP contribution in [0.5, 0.6) is 5.75 Å². The average molecular weight is 464 g/mol. The van der Waals surface area contributed by atoms with Crippen LogP contribution in [-0.4, -0.2) is 45.2 Å². The number of nitrogens with zero attached hydrogens (tertiary/aromatic N) is 4. The number of hydrogen-bond donors (Lipinski definition) is 2. The Balaban J connectivity index is 1.77. The van der Waals surface area contributed by atoms with E-state index >= 15 is 4.39 Å². The molecule has 6 nitrogen and oxygen atoms in total. The van der Waals surface area contributed by atoms with Gasteiger partial charge in [-0.25, -0.2) is 18.7 Å². The van der Waals surface area contributed by atoms with Gasteiger partial charge < -0.3 is 15.3 Å². The van der Waals surface area contributed by atoms with Gasteiger partial charge in [0.25, 0.3) is 0 Å². The average Bonchev–Trinajstić information content (AvgIpc) is 2.80. The summed E-state index contributed by atoms with van der Waals surface area (Å²) in [6, 6.07) is 6.37. The molecule has 8 heteroatoms. The first-order valence-electron chi connectivity index (χ1n) is 11.6. The molecule has 1 saturated heterocycles. The van der Waals surface area contributed by atoms with Crippen LogP contribution in [0.25, 0.3) is 32.9 Å². The molecule has 2 aromatic carbocycles. The van der Waals surface area contributed by atoms with Gasteiger partial charge in [-0.2, -0.15) is 0 Å². The number of aromatic nitrogens is 3. The lowest BCUT2D eigenvalue weighted by molar-refractivity contribution is 0.423. The van der Waals surface area contributed by atoms with Crippen molar-refractivity contribution in [2.45, 2.75) is 46.2 Å². The number of aryl methyl sites for hydroxylation is 2. The molecule has 0 unspecified atom stereocenters. The molecule has 2 N–H and O–H groups in total. The zero-order chi connectivity index (χ0) is 24.1. The van der Waals surface area contributed by atoms with E-state index in [4.69, 9.17) is 0 Å². The van der Waals surface area contributed by atoms with Crippen LogP contribution in [0.1, 0.15) is 32.2 Å². The molecular formula is C26H27F2N5O. The first-order valence-corrected chi connectivity index (χ1v) is 11.6. The van der Waals surface area contributed by atoms with Crippen molar-refractivity contribution in [3.63, 3.8) is 0 Å². The molecule has 2 aromatic heterocycles. The number of phenols is 1. The Morgan fingerprint density at radius 3 is 2.74 bits per heavy atom. The van der Waals surface area contributed by atoms with Gasteiger partial charge in [0.05, 0.1) is 5.39 Å². The Kier molecular flexibility index (Phi) is 5.56. The molecule has 176 valence electrons. The van der Waals surface area contributed by atoms with Crippen molar-refractivity contribution < 1.29 is 13.9 Å². The lowest BCUT2D eigenvalue weighted by Gasteiger charge is -2.38. The molecule has 0 aliphatic carbocycles. The number of halogens is 2. The number of benzene rings is 2. The van der Waals surface area contributed by atoms with E-state index in [2.05, 4.69) is 39.0 Å². The summed E-state index contributed by atoms with van der Waals surface area (Å²) in [6.07, 6.45) is 2.00. The van der Waals surface area contributed by atoms with E-state index in [1.165, 1.54) is 12.1 Å². The van der Waals surface area contributed by atoms with Gasteiger partial charge in [-0.3, -0.25) is 4.98 Å². The second kappa shape index (κ2) is 8.43. The molecule has 0 spiro atoms. The van der Waals surface area contributed by atoms with Gasteiger partial charge in [0.1, 0.15) is 34.4 Å². The number of aromatic hydroxyl groups is 1. The highest BCUT2D eigenvalue weighted by Crippen LogP contribution is 2.38. The molecule has 0 amide bonds. The van der Waals surface area contributed by atoms with Crippen molar-refractivity contribution in [3.8, 4) is 17.0 Å². The smallest absolute Gasteiger partial charge is 0.175 e. The molecule has 1 aliphatic heterocycles. The maximum Gasteiger partial charge on any atom is 0.175 e. The van der Waals surface area contributed by atoms with Crippen LogP contribution in [0, 0.1) is 18.6 Å². The molecule has 1 fully saturated rings. The summed E-state index contributed by atoms with van der Waals surface area (Å²) in [6.45, 7) is 9.31. The fraction of sp³-hybridized carbons (Fsp3) is 0.346. The largest absolute Gasteiger partial charge is 0.508 e. The van der Waals surface area contributed by atoms with Gasteiger partial charge >= 0.3 is 0 Å². The zero-order valence-electron chi connectivity index (χ0n) is 19.7. The third-order valence-electron chi connectivity index (χ3n) is 6.57. The maximum atomic E-state index is 16.1. The van der Waals surface area contributed by atoms with Crippen LogP contribution in [-0.2, 0) is 6.42 Å². The first kappa shape index (κ1) is 22.4. The summed E-state index contributed by atoms with van der Waals surface area (Å²) in [5.41, 5.74) is 0.987. The van der Waals surface area contributed by atoms with E-state index in [0.717, 1.165) is 13.1 Å². The summed E-state index contributed by atoms with van der Waals surface area (Å²) in [5.74, 6) is 0.0877. The van der Waals surface area contributed by atoms with Gasteiger partial charge in [-0.05, 0) is 61.7 Å². The van der Waals surface area contributed by atoms with Gasteiger partial charge in [-0.1, -0.05) is 13.0 Å². The number of nitrogens with one attached hydrogen (secondary N) is 1. The molecule has 1 aliphatic rings. The summed E-state index contributed by atoms with van der Waals surface area (Å²) in [5, 5.41) is 15.5. The quantitative estimate of drug-likeness (QED) is 0.451. The van der Waals surface area contributed by atoms with E-state index in [-0.39, 0.29) is 34.9 Å². The van der Waals surface area contributed by atoms with Crippen LogP contribution >= 0.6 is 0 Å². The van der Waals surface area contributed by atoms with E-state index in [1.807, 2.05) is 6.92 Å². The van der Waals surface area contributed by atoms with E-state index in [1.54, 1.807) is 25.3 Å². The molecule has 4 aromatic rings. The highest BCUT2D eigenvalue weighted by molar-refractivity contribution is 6.01. The Bertz CT molecular complexity index is 1420. The van der Waals surface area contributed by atoms with E-state index in [0.29, 0.717) is 45.3 Å². The molecule has 0 bridgehead atoms. The molecule has 5 rings (SSSR count). The Morgan fingerprint density at radius 1 is 1.18 bits per heavy atom. The number of fused-ring (bicyclic) bond motifs is 2. The minimum atomic E-state index is -0.613. The summed E-state index contributed by atoms with van der Waals surface area (Å²) in [7, 11) is 0. The van der Waals surface area contributed by atoms with E-state index < -0.39 is 5.82 Å². The van der Waals surface area contributed by atoms with E-state index in [9.17, 15) is 9.50 Å². The van der Waals surface area contributed by atoms with Crippen molar-refractivity contribution >= 4 is 27.5 Å². The number of rotatable bonds is 3. The number of anilines is 1. The number of piperazine rings is 1. The van der Waals surface area contributed by atoms with Gasteiger partial charge in [-0.15, -0.1) is 0 Å². The van der Waals surface area contributed by atoms with Crippen molar-refractivity contribution in [2.75, 3.05) is 18.0 Å². The standard InChI is InChI=1S/C26H27F2N5O/c1-5-18-21(27)7-6-16-8-17(34)9-19(22(16)18)24-23(28)25-20(11-30-24)26(32-15(4)31-25)33-12-13(2)29-10-14(33)3/h6-9,11,13-14,29,34H,5,10,12H2,1-4H3/t13-,14-/m0/s1. The number of pyridine rings is 1. The Hall–Kier alpha value is -3.39. The minimum Gasteiger partial charge on any atom is -0.508 e. The third kappa shape index (κ3) is 3.62. The fourth-order valence-electron chi connectivity index (χ4n) is 4.91. The SMILES string of the molecule is CCc1c(F)ccc2cc(O)cc(-c3ncc4c(N5C[C@H](C)NC[C@@H]5C)nc(C)nc4c3F)c12. The molecule has 2 atom stereocenters. The predicted molar refractivity (Wildman–Crippen MR) is 130 cm³/mol. The molecule has 0 saturated carbocycles. The lowest BCUT2D eigenvalue weighted by Crippen LogP contribution is -2.54.